The molecule has 0 radical (unpaired) electrons. The molecule has 1 amide bonds. The summed E-state index contributed by atoms with van der Waals surface area (Å²) in [5, 5.41) is 1.95. The van der Waals surface area contributed by atoms with Gasteiger partial charge >= 0.3 is 0 Å². The number of amides is 1. The van der Waals surface area contributed by atoms with Crippen LogP contribution in [0.25, 0.3) is 21.8 Å². The summed E-state index contributed by atoms with van der Waals surface area (Å²) in [5.41, 5.74) is 11.9. The Bertz CT molecular complexity index is 1160. The van der Waals surface area contributed by atoms with Crippen LogP contribution in [0.4, 0.5) is 0 Å². The smallest absolute Gasteiger partial charge is 0.249 e. The van der Waals surface area contributed by atoms with Crippen molar-refractivity contribution < 1.29 is 9.53 Å². The Balaban J connectivity index is 2.04. The van der Waals surface area contributed by atoms with Crippen LogP contribution >= 0.6 is 0 Å². The van der Waals surface area contributed by atoms with Crippen molar-refractivity contribution in [2.45, 2.75) is 20.1 Å². The van der Waals surface area contributed by atoms with Crippen LogP contribution in [-0.4, -0.2) is 17.6 Å². The number of carbonyl (C=O) groups excluding carboxylic acids is 1. The minimum absolute atomic E-state index is 0.406. The molecule has 4 heteroatoms. The summed E-state index contributed by atoms with van der Waals surface area (Å²) in [6.45, 7) is 3.39. The lowest BCUT2D eigenvalue weighted by Crippen LogP contribution is -2.11. The maximum absolute atomic E-state index is 12.0. The minimum atomic E-state index is -0.406. The van der Waals surface area contributed by atoms with Crippen molar-refractivity contribution >= 4 is 27.7 Å². The Morgan fingerprint density at radius 2 is 1.85 bits per heavy atom. The molecule has 0 aliphatic carbocycles. The fourth-order valence-corrected chi connectivity index (χ4v) is 3.78. The first-order valence-corrected chi connectivity index (χ1v) is 8.97. The Kier molecular flexibility index (Phi) is 4.42. The van der Waals surface area contributed by atoms with E-state index < -0.39 is 5.91 Å². The highest BCUT2D eigenvalue weighted by molar-refractivity contribution is 6.17. The van der Waals surface area contributed by atoms with Gasteiger partial charge < -0.3 is 15.0 Å². The molecule has 0 aliphatic rings. The fraction of sp³-hybridized carbons (Fsp3) is 0.174. The van der Waals surface area contributed by atoms with Gasteiger partial charge in [0, 0.05) is 35.5 Å². The molecule has 1 heterocycles. The van der Waals surface area contributed by atoms with E-state index in [0.29, 0.717) is 12.2 Å². The van der Waals surface area contributed by atoms with Crippen LogP contribution in [0.1, 0.15) is 27.0 Å². The van der Waals surface area contributed by atoms with Gasteiger partial charge in [-0.05, 0) is 41.8 Å². The van der Waals surface area contributed by atoms with Gasteiger partial charge in [0.2, 0.25) is 5.91 Å². The molecule has 1 aromatic heterocycles. The molecule has 0 saturated heterocycles. The van der Waals surface area contributed by atoms with Crippen molar-refractivity contribution in [1.82, 2.24) is 4.57 Å². The van der Waals surface area contributed by atoms with Crippen LogP contribution < -0.4 is 5.73 Å². The number of aryl methyl sites for hydroxylation is 1. The highest BCUT2D eigenvalue weighted by Crippen LogP contribution is 2.33. The van der Waals surface area contributed by atoms with Crippen LogP contribution in [0.2, 0.25) is 0 Å². The van der Waals surface area contributed by atoms with Crippen molar-refractivity contribution in [1.29, 1.82) is 0 Å². The first kappa shape index (κ1) is 17.3. The molecule has 4 nitrogen and oxygen atoms in total. The van der Waals surface area contributed by atoms with Gasteiger partial charge in [0.05, 0.1) is 12.1 Å². The van der Waals surface area contributed by atoms with E-state index in [-0.39, 0.29) is 0 Å². The second kappa shape index (κ2) is 6.89. The number of hydrogen-bond acceptors (Lipinski definition) is 2. The first-order valence-electron chi connectivity index (χ1n) is 8.97. The summed E-state index contributed by atoms with van der Waals surface area (Å²) >= 11 is 0. The number of benzene rings is 3. The Morgan fingerprint density at radius 1 is 1.04 bits per heavy atom. The molecule has 0 aliphatic heterocycles. The quantitative estimate of drug-likeness (QED) is 0.575. The third kappa shape index (κ3) is 2.98. The van der Waals surface area contributed by atoms with E-state index in [1.165, 1.54) is 11.1 Å². The summed E-state index contributed by atoms with van der Waals surface area (Å²) in [7, 11) is 1.69. The number of ether oxygens (including phenoxy) is 1. The minimum Gasteiger partial charge on any atom is -0.380 e. The lowest BCUT2D eigenvalue weighted by atomic mass is 10.0. The van der Waals surface area contributed by atoms with Gasteiger partial charge in [-0.1, -0.05) is 42.5 Å². The Hall–Kier alpha value is -3.11. The number of nitrogens with zero attached hydrogens (tertiary/aromatic N) is 1. The molecule has 4 aromatic rings. The number of nitrogens with two attached hydrogens (primary N) is 1. The Labute approximate surface area is 158 Å². The van der Waals surface area contributed by atoms with Gasteiger partial charge in [-0.25, -0.2) is 0 Å². The number of hydrogen-bond donors (Lipinski definition) is 1. The largest absolute Gasteiger partial charge is 0.380 e. The highest BCUT2D eigenvalue weighted by atomic mass is 16.5. The zero-order chi connectivity index (χ0) is 19.0. The van der Waals surface area contributed by atoms with E-state index in [1.807, 2.05) is 18.2 Å². The number of carbonyl (C=O) groups is 1. The van der Waals surface area contributed by atoms with Crippen molar-refractivity contribution in [2.24, 2.45) is 5.73 Å². The molecule has 0 spiro atoms. The van der Waals surface area contributed by atoms with Gasteiger partial charge in [0.15, 0.2) is 0 Å². The monoisotopic (exact) mass is 358 g/mol. The van der Waals surface area contributed by atoms with E-state index >= 15 is 0 Å². The van der Waals surface area contributed by atoms with E-state index in [0.717, 1.165) is 33.9 Å². The third-order valence-corrected chi connectivity index (χ3v) is 5.12. The van der Waals surface area contributed by atoms with Gasteiger partial charge in [0.1, 0.15) is 0 Å². The molecule has 0 bridgehead atoms. The average Bonchev–Trinajstić information content (AvgIpc) is 2.97. The standard InChI is InChI=1S/C23H22N2O2/c1-15-6-3-4-7-17(15)13-25-20-9-5-8-19(23(24)26)22(20)18-11-10-16(14-27-2)12-21(18)25/h3-12H,13-14H2,1-2H3,(H2,24,26). The topological polar surface area (TPSA) is 57.2 Å². The second-order valence-corrected chi connectivity index (χ2v) is 6.86. The van der Waals surface area contributed by atoms with Crippen molar-refractivity contribution in [2.75, 3.05) is 7.11 Å². The molecule has 0 unspecified atom stereocenters. The van der Waals surface area contributed by atoms with E-state index in [2.05, 4.69) is 47.9 Å². The van der Waals surface area contributed by atoms with Crippen LogP contribution in [0.5, 0.6) is 0 Å². The lowest BCUT2D eigenvalue weighted by Gasteiger charge is -2.11. The summed E-state index contributed by atoms with van der Waals surface area (Å²) in [6.07, 6.45) is 0. The lowest BCUT2D eigenvalue weighted by molar-refractivity contribution is 0.100. The summed E-state index contributed by atoms with van der Waals surface area (Å²) in [6, 6.07) is 20.4. The summed E-state index contributed by atoms with van der Waals surface area (Å²) in [5.74, 6) is -0.406. The van der Waals surface area contributed by atoms with Gasteiger partial charge in [-0.2, -0.15) is 0 Å². The highest BCUT2D eigenvalue weighted by Gasteiger charge is 2.17. The molecule has 2 N–H and O–H groups in total. The maximum Gasteiger partial charge on any atom is 0.249 e. The normalized spacial score (nSPS) is 11.3. The van der Waals surface area contributed by atoms with Gasteiger partial charge in [-0.3, -0.25) is 4.79 Å². The fourth-order valence-electron chi connectivity index (χ4n) is 3.78. The summed E-state index contributed by atoms with van der Waals surface area (Å²) < 4.78 is 7.57. The van der Waals surface area contributed by atoms with E-state index in [9.17, 15) is 4.79 Å². The first-order chi connectivity index (χ1) is 13.1. The zero-order valence-corrected chi connectivity index (χ0v) is 15.5. The van der Waals surface area contributed by atoms with E-state index in [1.54, 1.807) is 13.2 Å². The maximum atomic E-state index is 12.0. The summed E-state index contributed by atoms with van der Waals surface area (Å²) in [4.78, 5) is 12.0. The van der Waals surface area contributed by atoms with E-state index in [4.69, 9.17) is 10.5 Å². The molecule has 0 fully saturated rings. The van der Waals surface area contributed by atoms with Crippen LogP contribution in [0, 0.1) is 6.92 Å². The molecular weight excluding hydrogens is 336 g/mol. The molecule has 136 valence electrons. The van der Waals surface area contributed by atoms with Gasteiger partial charge in [-0.15, -0.1) is 0 Å². The van der Waals surface area contributed by atoms with Crippen LogP contribution in [0.3, 0.4) is 0 Å². The number of fused-ring (bicyclic) bond motifs is 3. The molecule has 0 saturated carbocycles. The average molecular weight is 358 g/mol. The predicted octanol–water partition coefficient (Wildman–Crippen LogP) is 4.40. The number of methoxy groups -OCH3 is 1. The molecular formula is C23H22N2O2. The van der Waals surface area contributed by atoms with Crippen molar-refractivity contribution in [3.63, 3.8) is 0 Å². The number of aromatic nitrogens is 1. The Morgan fingerprint density at radius 3 is 2.59 bits per heavy atom. The van der Waals surface area contributed by atoms with Crippen molar-refractivity contribution in [3.05, 3.63) is 82.9 Å². The molecule has 0 atom stereocenters. The predicted molar refractivity (Wildman–Crippen MR) is 109 cm³/mol. The molecule has 27 heavy (non-hydrogen) atoms. The zero-order valence-electron chi connectivity index (χ0n) is 15.5. The van der Waals surface area contributed by atoms with Crippen LogP contribution in [-0.2, 0) is 17.9 Å². The second-order valence-electron chi connectivity index (χ2n) is 6.86. The number of primary amides is 1. The third-order valence-electron chi connectivity index (χ3n) is 5.12. The molecule has 4 rings (SSSR count). The van der Waals surface area contributed by atoms with Gasteiger partial charge in [0.25, 0.3) is 0 Å². The van der Waals surface area contributed by atoms with Crippen molar-refractivity contribution in [3.8, 4) is 0 Å². The van der Waals surface area contributed by atoms with Crippen LogP contribution in [0.15, 0.2) is 60.7 Å². The molecule has 3 aromatic carbocycles. The SMILES string of the molecule is COCc1ccc2c3c(C(N)=O)cccc3n(Cc3ccccc3C)c2c1. The number of rotatable bonds is 5.